The zero-order chi connectivity index (χ0) is 24.1. The molecule has 2 unspecified atom stereocenters. The summed E-state index contributed by atoms with van der Waals surface area (Å²) in [5.74, 6) is -0.0609. The number of ether oxygens (including phenoxy) is 2. The predicted molar refractivity (Wildman–Crippen MR) is 127 cm³/mol. The third kappa shape index (κ3) is 5.35. The molecule has 1 amide bonds. The first-order valence-electron chi connectivity index (χ1n) is 10.7. The van der Waals surface area contributed by atoms with E-state index in [2.05, 4.69) is 10.1 Å². The van der Waals surface area contributed by atoms with Crippen molar-refractivity contribution < 1.29 is 22.7 Å². The molecule has 178 valence electrons. The number of carbonyl (C=O) groups is 1. The lowest BCUT2D eigenvalue weighted by molar-refractivity contribution is -0.138. The van der Waals surface area contributed by atoms with Gasteiger partial charge in [-0.3, -0.25) is 9.48 Å². The Morgan fingerprint density at radius 2 is 2.00 bits per heavy atom. The number of carbonyl (C=O) groups excluding carboxylic acids is 1. The molecule has 2 atom stereocenters. The number of hydrogen-bond acceptors (Lipinski definition) is 7. The number of pyridine rings is 1. The van der Waals surface area contributed by atoms with E-state index in [4.69, 9.17) is 9.47 Å². The van der Waals surface area contributed by atoms with Crippen LogP contribution in [0.5, 0.6) is 5.88 Å². The quantitative estimate of drug-likeness (QED) is 0.462. The minimum Gasteiger partial charge on any atom is -0.481 e. The summed E-state index contributed by atoms with van der Waals surface area (Å²) in [6, 6.07) is 11.8. The molecular weight excluding hydrogens is 456 g/mol. The predicted octanol–water partition coefficient (Wildman–Crippen LogP) is 2.48. The van der Waals surface area contributed by atoms with Crippen LogP contribution < -0.4 is 4.74 Å². The van der Waals surface area contributed by atoms with Crippen molar-refractivity contribution in [2.24, 2.45) is 0 Å². The molecule has 4 rings (SSSR count). The Kier molecular flexibility index (Phi) is 7.09. The topological polar surface area (TPSA) is 104 Å². The fourth-order valence-corrected chi connectivity index (χ4v) is 5.17. The number of benzene rings is 1. The van der Waals surface area contributed by atoms with Gasteiger partial charge in [0.05, 0.1) is 31.7 Å². The van der Waals surface area contributed by atoms with Crippen molar-refractivity contribution in [3.05, 3.63) is 78.1 Å². The third-order valence-corrected chi connectivity index (χ3v) is 6.97. The van der Waals surface area contributed by atoms with E-state index in [1.165, 1.54) is 14.2 Å². The highest BCUT2D eigenvalue weighted by atomic mass is 32.2. The number of nitrogens with zero attached hydrogens (tertiary/aromatic N) is 4. The Hall–Kier alpha value is -3.50. The molecule has 9 nitrogen and oxygen atoms in total. The Morgan fingerprint density at radius 3 is 2.68 bits per heavy atom. The van der Waals surface area contributed by atoms with E-state index in [0.717, 1.165) is 22.1 Å². The Morgan fingerprint density at radius 1 is 1.21 bits per heavy atom. The number of rotatable bonds is 9. The molecule has 1 aromatic carbocycles. The van der Waals surface area contributed by atoms with Crippen LogP contribution in [0.1, 0.15) is 11.6 Å². The van der Waals surface area contributed by atoms with Crippen molar-refractivity contribution >= 4 is 15.7 Å². The van der Waals surface area contributed by atoms with Crippen LogP contribution in [0.4, 0.5) is 0 Å². The van der Waals surface area contributed by atoms with Gasteiger partial charge in [-0.05, 0) is 23.3 Å². The largest absolute Gasteiger partial charge is 0.481 e. The number of sulfone groups is 1. The van der Waals surface area contributed by atoms with Gasteiger partial charge in [0.25, 0.3) is 5.91 Å². The van der Waals surface area contributed by atoms with Gasteiger partial charge in [0.15, 0.2) is 15.9 Å². The van der Waals surface area contributed by atoms with Crippen molar-refractivity contribution in [2.45, 2.75) is 18.6 Å². The SMILES string of the molecule is COCC(C(=O)N(Cc1ccnc(OC)c1)C1C=CS(=O)(=O)C1)n1cc(-c2ccccc2)cn1. The highest BCUT2D eigenvalue weighted by molar-refractivity contribution is 7.94. The Labute approximate surface area is 198 Å². The van der Waals surface area contributed by atoms with Crippen LogP contribution in [0.3, 0.4) is 0 Å². The second kappa shape index (κ2) is 10.2. The number of methoxy groups -OCH3 is 2. The van der Waals surface area contributed by atoms with Crippen molar-refractivity contribution in [2.75, 3.05) is 26.6 Å². The molecule has 0 radical (unpaired) electrons. The fourth-order valence-electron chi connectivity index (χ4n) is 3.87. The molecule has 0 saturated heterocycles. The van der Waals surface area contributed by atoms with Crippen LogP contribution >= 0.6 is 0 Å². The first-order valence-corrected chi connectivity index (χ1v) is 12.4. The van der Waals surface area contributed by atoms with E-state index < -0.39 is 21.9 Å². The van der Waals surface area contributed by atoms with Crippen LogP contribution in [0.2, 0.25) is 0 Å². The van der Waals surface area contributed by atoms with Crippen LogP contribution in [-0.4, -0.2) is 66.6 Å². The summed E-state index contributed by atoms with van der Waals surface area (Å²) in [4.78, 5) is 19.5. The monoisotopic (exact) mass is 482 g/mol. The van der Waals surface area contributed by atoms with Crippen molar-refractivity contribution in [1.82, 2.24) is 19.7 Å². The van der Waals surface area contributed by atoms with Gasteiger partial charge in [0, 0.05) is 43.1 Å². The zero-order valence-electron chi connectivity index (χ0n) is 18.9. The maximum absolute atomic E-state index is 13.8. The highest BCUT2D eigenvalue weighted by Gasteiger charge is 2.35. The van der Waals surface area contributed by atoms with Gasteiger partial charge in [-0.25, -0.2) is 13.4 Å². The molecule has 3 heterocycles. The summed E-state index contributed by atoms with van der Waals surface area (Å²) in [7, 11) is -0.353. The van der Waals surface area contributed by atoms with Crippen LogP contribution in [0, 0.1) is 0 Å². The molecular formula is C24H26N4O5S. The number of amides is 1. The van der Waals surface area contributed by atoms with E-state index in [1.807, 2.05) is 30.3 Å². The maximum atomic E-state index is 13.8. The molecule has 0 saturated carbocycles. The van der Waals surface area contributed by atoms with Crippen molar-refractivity contribution in [3.63, 3.8) is 0 Å². The average Bonchev–Trinajstić information content (AvgIpc) is 3.48. The van der Waals surface area contributed by atoms with Gasteiger partial charge in [-0.15, -0.1) is 0 Å². The van der Waals surface area contributed by atoms with Gasteiger partial charge in [-0.1, -0.05) is 30.3 Å². The van der Waals surface area contributed by atoms with Crippen LogP contribution in [0.15, 0.2) is 72.5 Å². The fraction of sp³-hybridized carbons (Fsp3) is 0.292. The lowest BCUT2D eigenvalue weighted by atomic mass is 10.1. The molecule has 1 aliphatic heterocycles. The molecule has 0 N–H and O–H groups in total. The molecule has 0 bridgehead atoms. The zero-order valence-corrected chi connectivity index (χ0v) is 19.8. The van der Waals surface area contributed by atoms with Gasteiger partial charge in [0.1, 0.15) is 0 Å². The summed E-state index contributed by atoms with van der Waals surface area (Å²) in [5, 5.41) is 5.59. The van der Waals surface area contributed by atoms with Crippen LogP contribution in [0.25, 0.3) is 11.1 Å². The molecule has 2 aromatic heterocycles. The van der Waals surface area contributed by atoms with Gasteiger partial charge in [0.2, 0.25) is 5.88 Å². The lowest BCUT2D eigenvalue weighted by Crippen LogP contribution is -2.45. The second-order valence-corrected chi connectivity index (χ2v) is 9.88. The smallest absolute Gasteiger partial charge is 0.250 e. The molecule has 10 heteroatoms. The van der Waals surface area contributed by atoms with Gasteiger partial charge >= 0.3 is 0 Å². The first-order chi connectivity index (χ1) is 16.4. The summed E-state index contributed by atoms with van der Waals surface area (Å²) < 4.78 is 36.4. The van der Waals surface area contributed by atoms with Gasteiger partial charge < -0.3 is 14.4 Å². The normalized spacial score (nSPS) is 17.4. The summed E-state index contributed by atoms with van der Waals surface area (Å²) >= 11 is 0. The molecule has 0 aliphatic carbocycles. The lowest BCUT2D eigenvalue weighted by Gasteiger charge is -2.31. The van der Waals surface area contributed by atoms with E-state index in [-0.39, 0.29) is 24.8 Å². The average molecular weight is 483 g/mol. The molecule has 3 aromatic rings. The van der Waals surface area contributed by atoms with Crippen LogP contribution in [-0.2, 0) is 25.9 Å². The summed E-state index contributed by atoms with van der Waals surface area (Å²) in [6.45, 7) is 0.253. The molecule has 0 spiro atoms. The minimum atomic E-state index is -3.38. The van der Waals surface area contributed by atoms with E-state index >= 15 is 0 Å². The van der Waals surface area contributed by atoms with E-state index in [0.29, 0.717) is 5.88 Å². The van der Waals surface area contributed by atoms with E-state index in [1.54, 1.807) is 46.4 Å². The third-order valence-electron chi connectivity index (χ3n) is 5.59. The van der Waals surface area contributed by atoms with Crippen molar-refractivity contribution in [3.8, 4) is 17.0 Å². The number of aromatic nitrogens is 3. The molecule has 1 aliphatic rings. The number of hydrogen-bond donors (Lipinski definition) is 0. The minimum absolute atomic E-state index is 0.0775. The standard InChI is InChI=1S/C24H26N4O5S/c1-32-16-22(28-15-20(13-26-28)19-6-4-3-5-7-19)24(29)27(21-9-11-34(30,31)17-21)14-18-8-10-25-23(12-18)33-2/h3-13,15,21-22H,14,16-17H2,1-2H3. The second-order valence-electron chi connectivity index (χ2n) is 7.94. The summed E-state index contributed by atoms with van der Waals surface area (Å²) in [5.41, 5.74) is 2.60. The maximum Gasteiger partial charge on any atom is 0.250 e. The molecule has 34 heavy (non-hydrogen) atoms. The first kappa shape index (κ1) is 23.7. The van der Waals surface area contributed by atoms with Crippen molar-refractivity contribution in [1.29, 1.82) is 0 Å². The van der Waals surface area contributed by atoms with E-state index in [9.17, 15) is 13.2 Å². The Bertz CT molecular complexity index is 1270. The summed E-state index contributed by atoms with van der Waals surface area (Å²) in [6.07, 6.45) is 6.63. The van der Waals surface area contributed by atoms with Gasteiger partial charge in [-0.2, -0.15) is 5.10 Å². The highest BCUT2D eigenvalue weighted by Crippen LogP contribution is 2.25. The molecule has 0 fully saturated rings. The Balaban J connectivity index is 1.66.